The number of hydrogen-bond donors (Lipinski definition) is 2. The zero-order chi connectivity index (χ0) is 20.1. The van der Waals surface area contributed by atoms with E-state index in [0.29, 0.717) is 25.6 Å². The van der Waals surface area contributed by atoms with Gasteiger partial charge in [0.25, 0.3) is 0 Å². The first kappa shape index (κ1) is 23.7. The number of amides is 1. The number of benzene rings is 1. The number of guanidine groups is 1. The SMILES string of the molecule is CC(C)(C)OC(=O)N1CCN(CCN=C(N)Nc2ccc3c(c2)CCC3)CC1.I. The van der Waals surface area contributed by atoms with Gasteiger partial charge in [-0.25, -0.2) is 4.79 Å². The molecule has 162 valence electrons. The van der Waals surface area contributed by atoms with Gasteiger partial charge in [0.2, 0.25) is 0 Å². The minimum Gasteiger partial charge on any atom is -0.444 e. The van der Waals surface area contributed by atoms with Crippen LogP contribution in [0.25, 0.3) is 0 Å². The van der Waals surface area contributed by atoms with Gasteiger partial charge in [-0.15, -0.1) is 24.0 Å². The van der Waals surface area contributed by atoms with Crippen molar-refractivity contribution < 1.29 is 9.53 Å². The monoisotopic (exact) mass is 515 g/mol. The van der Waals surface area contributed by atoms with Gasteiger partial charge in [0.05, 0.1) is 6.54 Å². The number of anilines is 1. The third-order valence-electron chi connectivity index (χ3n) is 5.09. The van der Waals surface area contributed by atoms with E-state index in [1.807, 2.05) is 20.8 Å². The number of ether oxygens (including phenoxy) is 1. The Balaban J connectivity index is 0.00000300. The van der Waals surface area contributed by atoms with Gasteiger partial charge in [-0.3, -0.25) is 9.89 Å². The molecule has 1 aromatic carbocycles. The van der Waals surface area contributed by atoms with Crippen molar-refractivity contribution in [3.63, 3.8) is 0 Å². The first-order chi connectivity index (χ1) is 13.3. The molecule has 29 heavy (non-hydrogen) atoms. The van der Waals surface area contributed by atoms with Crippen molar-refractivity contribution in [2.75, 3.05) is 44.6 Å². The summed E-state index contributed by atoms with van der Waals surface area (Å²) in [6, 6.07) is 6.44. The van der Waals surface area contributed by atoms with Crippen molar-refractivity contribution in [3.05, 3.63) is 29.3 Å². The molecular weight excluding hydrogens is 481 g/mol. The summed E-state index contributed by atoms with van der Waals surface area (Å²) < 4.78 is 5.43. The maximum Gasteiger partial charge on any atom is 0.410 e. The van der Waals surface area contributed by atoms with Crippen molar-refractivity contribution in [1.82, 2.24) is 9.80 Å². The fourth-order valence-electron chi connectivity index (χ4n) is 3.63. The van der Waals surface area contributed by atoms with Crippen LogP contribution in [0.1, 0.15) is 38.3 Å². The third kappa shape index (κ3) is 7.33. The predicted molar refractivity (Wildman–Crippen MR) is 128 cm³/mol. The number of aliphatic imine (C=N–C) groups is 1. The predicted octanol–water partition coefficient (Wildman–Crippen LogP) is 3.07. The van der Waals surface area contributed by atoms with Gasteiger partial charge in [0.1, 0.15) is 5.60 Å². The van der Waals surface area contributed by atoms with Crippen LogP contribution in [0.2, 0.25) is 0 Å². The van der Waals surface area contributed by atoms with Gasteiger partial charge in [-0.1, -0.05) is 6.07 Å². The summed E-state index contributed by atoms with van der Waals surface area (Å²) >= 11 is 0. The van der Waals surface area contributed by atoms with Crippen LogP contribution in [0.5, 0.6) is 0 Å². The molecule has 0 spiro atoms. The lowest BCUT2D eigenvalue weighted by Gasteiger charge is -2.35. The number of rotatable bonds is 4. The van der Waals surface area contributed by atoms with E-state index >= 15 is 0 Å². The standard InChI is InChI=1S/C21H33N5O2.HI/c1-21(2,3)28-20(27)26-13-11-25(12-14-26)10-9-23-19(22)24-18-8-7-16-5-4-6-17(16)15-18;/h7-8,15H,4-6,9-14H2,1-3H3,(H3,22,23,24);1H. The molecule has 3 N–H and O–H groups in total. The molecule has 1 amide bonds. The van der Waals surface area contributed by atoms with Crippen molar-refractivity contribution >= 4 is 41.7 Å². The van der Waals surface area contributed by atoms with Crippen molar-refractivity contribution in [2.24, 2.45) is 10.7 Å². The molecule has 1 aliphatic carbocycles. The summed E-state index contributed by atoms with van der Waals surface area (Å²) in [6.07, 6.45) is 3.34. The van der Waals surface area contributed by atoms with Gasteiger partial charge < -0.3 is 20.7 Å². The van der Waals surface area contributed by atoms with Gasteiger partial charge in [0, 0.05) is 38.4 Å². The van der Waals surface area contributed by atoms with Crippen LogP contribution in [0.3, 0.4) is 0 Å². The highest BCUT2D eigenvalue weighted by molar-refractivity contribution is 14.0. The second kappa shape index (κ2) is 10.5. The summed E-state index contributed by atoms with van der Waals surface area (Å²) in [7, 11) is 0. The Bertz CT molecular complexity index is 724. The largest absolute Gasteiger partial charge is 0.444 e. The average Bonchev–Trinajstić information content (AvgIpc) is 3.08. The van der Waals surface area contributed by atoms with Crippen molar-refractivity contribution in [1.29, 1.82) is 0 Å². The Labute approximate surface area is 191 Å². The zero-order valence-electron chi connectivity index (χ0n) is 17.7. The summed E-state index contributed by atoms with van der Waals surface area (Å²) in [5.74, 6) is 0.449. The molecule has 3 rings (SSSR count). The first-order valence-electron chi connectivity index (χ1n) is 10.2. The number of nitrogens with one attached hydrogen (secondary N) is 1. The maximum atomic E-state index is 12.1. The van der Waals surface area contributed by atoms with E-state index in [1.54, 1.807) is 4.90 Å². The molecule has 0 radical (unpaired) electrons. The zero-order valence-corrected chi connectivity index (χ0v) is 20.1. The number of fused-ring (bicyclic) bond motifs is 1. The number of carbonyl (C=O) groups excluding carboxylic acids is 1. The maximum absolute atomic E-state index is 12.1. The second-order valence-corrected chi connectivity index (χ2v) is 8.54. The molecule has 0 saturated carbocycles. The summed E-state index contributed by atoms with van der Waals surface area (Å²) in [5.41, 5.74) is 9.46. The van der Waals surface area contributed by atoms with E-state index < -0.39 is 5.60 Å². The quantitative estimate of drug-likeness (QED) is 0.366. The molecule has 2 aliphatic rings. The van der Waals surface area contributed by atoms with Crippen molar-refractivity contribution in [3.8, 4) is 0 Å². The Morgan fingerprint density at radius 1 is 1.17 bits per heavy atom. The lowest BCUT2D eigenvalue weighted by Crippen LogP contribution is -2.50. The lowest BCUT2D eigenvalue weighted by atomic mass is 10.1. The van der Waals surface area contributed by atoms with Crippen LogP contribution in [-0.2, 0) is 17.6 Å². The van der Waals surface area contributed by atoms with E-state index in [2.05, 4.69) is 33.4 Å². The van der Waals surface area contributed by atoms with Crippen LogP contribution in [0.4, 0.5) is 10.5 Å². The molecule has 0 unspecified atom stereocenters. The highest BCUT2D eigenvalue weighted by atomic mass is 127. The minimum atomic E-state index is -0.452. The fraction of sp³-hybridized carbons (Fsp3) is 0.619. The Morgan fingerprint density at radius 2 is 1.86 bits per heavy atom. The van der Waals surface area contributed by atoms with E-state index in [-0.39, 0.29) is 30.1 Å². The van der Waals surface area contributed by atoms with E-state index in [0.717, 1.165) is 31.7 Å². The van der Waals surface area contributed by atoms with Crippen LogP contribution in [-0.4, -0.2) is 66.7 Å². The molecule has 1 heterocycles. The molecule has 1 saturated heterocycles. The van der Waals surface area contributed by atoms with E-state index in [4.69, 9.17) is 10.5 Å². The third-order valence-corrected chi connectivity index (χ3v) is 5.09. The lowest BCUT2D eigenvalue weighted by molar-refractivity contribution is 0.0148. The Morgan fingerprint density at radius 3 is 2.55 bits per heavy atom. The van der Waals surface area contributed by atoms with Crippen LogP contribution in [0.15, 0.2) is 23.2 Å². The van der Waals surface area contributed by atoms with Crippen LogP contribution in [0, 0.1) is 0 Å². The minimum absolute atomic E-state index is 0. The molecule has 0 aromatic heterocycles. The van der Waals surface area contributed by atoms with Gasteiger partial charge in [0.15, 0.2) is 5.96 Å². The van der Waals surface area contributed by atoms with Gasteiger partial charge in [-0.05, 0) is 63.3 Å². The van der Waals surface area contributed by atoms with Gasteiger partial charge >= 0.3 is 6.09 Å². The molecule has 1 fully saturated rings. The molecular formula is C21H34IN5O2. The van der Waals surface area contributed by atoms with E-state index in [1.165, 1.54) is 24.0 Å². The number of nitrogens with two attached hydrogens (primary N) is 1. The number of halogens is 1. The topological polar surface area (TPSA) is 83.2 Å². The van der Waals surface area contributed by atoms with Crippen LogP contribution >= 0.6 is 24.0 Å². The van der Waals surface area contributed by atoms with Gasteiger partial charge in [-0.2, -0.15) is 0 Å². The second-order valence-electron chi connectivity index (χ2n) is 8.54. The number of piperazine rings is 1. The molecule has 7 nitrogen and oxygen atoms in total. The highest BCUT2D eigenvalue weighted by Crippen LogP contribution is 2.24. The number of hydrogen-bond acceptors (Lipinski definition) is 4. The Kier molecular flexibility index (Phi) is 8.57. The normalized spacial score (nSPS) is 17.5. The summed E-state index contributed by atoms with van der Waals surface area (Å²) in [6.45, 7) is 10.1. The highest BCUT2D eigenvalue weighted by Gasteiger charge is 2.25. The first-order valence-corrected chi connectivity index (χ1v) is 10.2. The molecule has 0 bridgehead atoms. The van der Waals surface area contributed by atoms with E-state index in [9.17, 15) is 4.79 Å². The number of carbonyl (C=O) groups is 1. The summed E-state index contributed by atoms with van der Waals surface area (Å²) in [5, 5.41) is 3.19. The smallest absolute Gasteiger partial charge is 0.410 e. The molecule has 8 heteroatoms. The number of aryl methyl sites for hydroxylation is 2. The Hall–Kier alpha value is -1.55. The van der Waals surface area contributed by atoms with Crippen molar-refractivity contribution in [2.45, 2.75) is 45.6 Å². The molecule has 1 aliphatic heterocycles. The average molecular weight is 515 g/mol. The fourth-order valence-corrected chi connectivity index (χ4v) is 3.63. The summed E-state index contributed by atoms with van der Waals surface area (Å²) in [4.78, 5) is 20.6. The van der Waals surface area contributed by atoms with Crippen LogP contribution < -0.4 is 11.1 Å². The number of nitrogens with zero attached hydrogens (tertiary/aromatic N) is 3. The molecule has 1 aromatic rings. The molecule has 0 atom stereocenters.